The zero-order valence-corrected chi connectivity index (χ0v) is 5.12. The predicted octanol–water partition coefficient (Wildman–Crippen LogP) is 1.94. The van der Waals surface area contributed by atoms with Crippen LogP contribution in [0.15, 0.2) is 0 Å². The van der Waals surface area contributed by atoms with Gasteiger partial charge in [0.2, 0.25) is 0 Å². The molecule has 0 heterocycles. The van der Waals surface area contributed by atoms with Crippen LogP contribution < -0.4 is 0 Å². The van der Waals surface area contributed by atoms with Crippen molar-refractivity contribution in [1.82, 2.24) is 0 Å². The van der Waals surface area contributed by atoms with E-state index in [4.69, 9.17) is 0 Å². The van der Waals surface area contributed by atoms with E-state index in [1.807, 2.05) is 0 Å². The molecule has 1 unspecified atom stereocenters. The van der Waals surface area contributed by atoms with E-state index in [0.29, 0.717) is 0 Å². The number of alkyl halides is 4. The average molecular weight is 159 g/mol. The van der Waals surface area contributed by atoms with E-state index in [1.54, 1.807) is 0 Å². The van der Waals surface area contributed by atoms with Crippen molar-refractivity contribution in [3.8, 4) is 0 Å². The summed E-state index contributed by atoms with van der Waals surface area (Å²) in [4.78, 5) is 0. The monoisotopic (exact) mass is 159 g/mol. The van der Waals surface area contributed by atoms with Crippen LogP contribution in [-0.2, 0) is 4.74 Å². The summed E-state index contributed by atoms with van der Waals surface area (Å²) in [5.41, 5.74) is 0. The van der Waals surface area contributed by atoms with Gasteiger partial charge in [0.1, 0.15) is 12.6 Å². The van der Waals surface area contributed by atoms with Gasteiger partial charge in [0.25, 0.3) is 0 Å². The van der Waals surface area contributed by atoms with Crippen molar-refractivity contribution in [2.24, 2.45) is 5.92 Å². The first-order valence-corrected chi connectivity index (χ1v) is 2.52. The summed E-state index contributed by atoms with van der Waals surface area (Å²) in [7, 11) is 2.72. The Morgan fingerprint density at radius 2 is 1.90 bits per heavy atom. The Bertz CT molecular complexity index is 90.1. The van der Waals surface area contributed by atoms with Gasteiger partial charge in [-0.1, -0.05) is 0 Å². The fourth-order valence-corrected chi connectivity index (χ4v) is 0.369. The van der Waals surface area contributed by atoms with Crippen molar-refractivity contribution >= 4 is 0 Å². The molecule has 0 aromatic carbocycles. The van der Waals surface area contributed by atoms with Gasteiger partial charge in [0.05, 0.1) is 13.7 Å². The van der Waals surface area contributed by atoms with Crippen molar-refractivity contribution < 1.29 is 22.3 Å². The Labute approximate surface area is 56.0 Å². The lowest BCUT2D eigenvalue weighted by Crippen LogP contribution is -2.28. The molecule has 0 aliphatic rings. The first-order chi connectivity index (χ1) is 4.52. The van der Waals surface area contributed by atoms with Gasteiger partial charge in [0.15, 0.2) is 0 Å². The number of ether oxygens (including phenoxy) is 1. The molecule has 61 valence electrons. The Kier molecular flexibility index (Phi) is 3.63. The van der Waals surface area contributed by atoms with Crippen LogP contribution in [0, 0.1) is 13.0 Å². The number of hydrogen-bond acceptors (Lipinski definition) is 1. The normalized spacial score (nSPS) is 15.3. The van der Waals surface area contributed by atoms with E-state index in [0.717, 1.165) is 0 Å². The maximum absolute atomic E-state index is 11.6. The van der Waals surface area contributed by atoms with Crippen LogP contribution in [-0.4, -0.2) is 19.5 Å². The minimum absolute atomic E-state index is 0.722. The molecule has 1 radical (unpaired) electrons. The molecule has 0 saturated heterocycles. The first-order valence-electron chi connectivity index (χ1n) is 2.52. The maximum atomic E-state index is 11.6. The highest BCUT2D eigenvalue weighted by atomic mass is 19.4. The summed E-state index contributed by atoms with van der Waals surface area (Å²) < 4.78 is 50.1. The van der Waals surface area contributed by atoms with Gasteiger partial charge < -0.3 is 4.74 Å². The van der Waals surface area contributed by atoms with Crippen LogP contribution in [0.3, 0.4) is 0 Å². The predicted molar refractivity (Wildman–Crippen MR) is 26.8 cm³/mol. The Hall–Kier alpha value is -0.320. The molecule has 5 heteroatoms. The third-order valence-corrected chi connectivity index (χ3v) is 0.968. The van der Waals surface area contributed by atoms with Gasteiger partial charge in [0, 0.05) is 0 Å². The standard InChI is InChI=1S/C5H7F4O/c1-10-3-4(2-6)5(7,8)9/h4H,1-3H2. The Morgan fingerprint density at radius 3 is 2.00 bits per heavy atom. The summed E-state index contributed by atoms with van der Waals surface area (Å²) in [5, 5.41) is 0. The van der Waals surface area contributed by atoms with Crippen molar-refractivity contribution in [1.29, 1.82) is 0 Å². The molecule has 0 aromatic rings. The van der Waals surface area contributed by atoms with Gasteiger partial charge >= 0.3 is 6.18 Å². The third kappa shape index (κ3) is 3.00. The zero-order chi connectivity index (χ0) is 8.20. The van der Waals surface area contributed by atoms with E-state index < -0.39 is 25.4 Å². The van der Waals surface area contributed by atoms with Crippen LogP contribution in [0.25, 0.3) is 0 Å². The third-order valence-electron chi connectivity index (χ3n) is 0.968. The fraction of sp³-hybridized carbons (Fsp3) is 0.800. The van der Waals surface area contributed by atoms with E-state index in [1.165, 1.54) is 0 Å². The van der Waals surface area contributed by atoms with Gasteiger partial charge in [-0.25, -0.2) is 0 Å². The van der Waals surface area contributed by atoms with Crippen LogP contribution in [0.1, 0.15) is 0 Å². The molecular weight excluding hydrogens is 152 g/mol. The second-order valence-electron chi connectivity index (χ2n) is 1.76. The van der Waals surface area contributed by atoms with Crippen LogP contribution in [0.5, 0.6) is 0 Å². The minimum Gasteiger partial charge on any atom is -0.378 e. The first kappa shape index (κ1) is 9.68. The van der Waals surface area contributed by atoms with Gasteiger partial charge in [-0.15, -0.1) is 0 Å². The van der Waals surface area contributed by atoms with E-state index >= 15 is 0 Å². The summed E-state index contributed by atoms with van der Waals surface area (Å²) in [6, 6.07) is 0. The number of rotatable bonds is 3. The summed E-state index contributed by atoms with van der Waals surface area (Å²) in [5.74, 6) is -2.04. The molecule has 0 rings (SSSR count). The highest BCUT2D eigenvalue weighted by molar-refractivity contribution is 4.65. The van der Waals surface area contributed by atoms with Crippen LogP contribution >= 0.6 is 0 Å². The molecule has 0 spiro atoms. The second kappa shape index (κ2) is 3.75. The molecule has 10 heavy (non-hydrogen) atoms. The lowest BCUT2D eigenvalue weighted by atomic mass is 10.2. The molecule has 0 aromatic heterocycles. The lowest BCUT2D eigenvalue weighted by Gasteiger charge is -2.14. The molecule has 0 aliphatic heterocycles. The molecule has 0 saturated carbocycles. The highest BCUT2D eigenvalue weighted by Crippen LogP contribution is 2.26. The summed E-state index contributed by atoms with van der Waals surface area (Å²) >= 11 is 0. The molecule has 0 fully saturated rings. The van der Waals surface area contributed by atoms with Crippen LogP contribution in [0.4, 0.5) is 17.6 Å². The fourth-order valence-electron chi connectivity index (χ4n) is 0.369. The molecule has 0 aliphatic carbocycles. The molecule has 0 N–H and O–H groups in total. The topological polar surface area (TPSA) is 9.23 Å². The molecular formula is C5H7F4O. The van der Waals surface area contributed by atoms with E-state index in [2.05, 4.69) is 11.8 Å². The van der Waals surface area contributed by atoms with E-state index in [-0.39, 0.29) is 0 Å². The zero-order valence-electron chi connectivity index (χ0n) is 5.12. The largest absolute Gasteiger partial charge is 0.396 e. The summed E-state index contributed by atoms with van der Waals surface area (Å²) in [6.45, 7) is -2.18. The van der Waals surface area contributed by atoms with Crippen molar-refractivity contribution in [2.75, 3.05) is 13.3 Å². The molecule has 0 bridgehead atoms. The minimum atomic E-state index is -4.52. The summed E-state index contributed by atoms with van der Waals surface area (Å²) in [6.07, 6.45) is -4.52. The van der Waals surface area contributed by atoms with Crippen LogP contribution in [0.2, 0.25) is 0 Å². The smallest absolute Gasteiger partial charge is 0.378 e. The Balaban J connectivity index is 3.81. The molecule has 1 atom stereocenters. The average Bonchev–Trinajstić information content (AvgIpc) is 1.80. The second-order valence-corrected chi connectivity index (χ2v) is 1.76. The molecule has 1 nitrogen and oxygen atoms in total. The lowest BCUT2D eigenvalue weighted by molar-refractivity contribution is -0.188. The van der Waals surface area contributed by atoms with E-state index in [9.17, 15) is 17.6 Å². The SMILES string of the molecule is [CH2]OCC(CF)C(F)(F)F. The van der Waals surface area contributed by atoms with Crippen molar-refractivity contribution in [3.63, 3.8) is 0 Å². The molecule has 0 amide bonds. The highest BCUT2D eigenvalue weighted by Gasteiger charge is 2.39. The van der Waals surface area contributed by atoms with Crippen molar-refractivity contribution in [2.45, 2.75) is 6.18 Å². The Morgan fingerprint density at radius 1 is 1.40 bits per heavy atom. The van der Waals surface area contributed by atoms with Crippen molar-refractivity contribution in [3.05, 3.63) is 7.11 Å². The quantitative estimate of drug-likeness (QED) is 0.572. The number of halogens is 4. The van der Waals surface area contributed by atoms with Gasteiger partial charge in [-0.3, -0.25) is 4.39 Å². The number of hydrogen-bond donors (Lipinski definition) is 0. The maximum Gasteiger partial charge on any atom is 0.396 e. The van der Waals surface area contributed by atoms with Gasteiger partial charge in [-0.05, 0) is 0 Å². The van der Waals surface area contributed by atoms with Gasteiger partial charge in [-0.2, -0.15) is 13.2 Å².